The van der Waals surface area contributed by atoms with E-state index in [0.29, 0.717) is 26.0 Å². The fraction of sp³-hybridized carbons (Fsp3) is 0.769. The molecule has 0 saturated heterocycles. The van der Waals surface area contributed by atoms with Crippen molar-refractivity contribution in [2.75, 3.05) is 33.9 Å². The summed E-state index contributed by atoms with van der Waals surface area (Å²) in [5, 5.41) is 14.0. The number of likely N-dealkylation sites (N-methyl/N-ethyl adjacent to an activating group) is 1. The molecule has 0 rings (SSSR count). The van der Waals surface area contributed by atoms with Gasteiger partial charge < -0.3 is 25.4 Å². The van der Waals surface area contributed by atoms with Crippen molar-refractivity contribution in [2.45, 2.75) is 32.2 Å². The summed E-state index contributed by atoms with van der Waals surface area (Å²) in [7, 11) is 2.96. The van der Waals surface area contributed by atoms with E-state index in [-0.39, 0.29) is 12.5 Å². The number of carbonyl (C=O) groups excluding carboxylic acids is 2. The van der Waals surface area contributed by atoms with E-state index in [1.54, 1.807) is 0 Å². The predicted molar refractivity (Wildman–Crippen MR) is 77.0 cm³/mol. The number of hydrogen-bond donors (Lipinski definition) is 3. The highest BCUT2D eigenvalue weighted by molar-refractivity contribution is 5.86. The van der Waals surface area contributed by atoms with Gasteiger partial charge in [-0.05, 0) is 6.42 Å². The van der Waals surface area contributed by atoms with E-state index in [4.69, 9.17) is 9.84 Å². The summed E-state index contributed by atoms with van der Waals surface area (Å²) in [6, 6.07) is -1.52. The van der Waals surface area contributed by atoms with Gasteiger partial charge in [0, 0.05) is 20.7 Å². The molecule has 0 aliphatic rings. The molecule has 0 fully saturated rings. The first-order chi connectivity index (χ1) is 9.92. The summed E-state index contributed by atoms with van der Waals surface area (Å²) in [6.45, 7) is 2.55. The van der Waals surface area contributed by atoms with E-state index in [0.717, 1.165) is 11.3 Å². The van der Waals surface area contributed by atoms with Crippen LogP contribution in [0.25, 0.3) is 0 Å². The molecule has 0 aromatic carbocycles. The molecule has 3 N–H and O–H groups in total. The Kier molecular flexibility index (Phi) is 9.95. The average Bonchev–Trinajstić information content (AvgIpc) is 2.42. The van der Waals surface area contributed by atoms with Gasteiger partial charge in [0.05, 0.1) is 6.61 Å². The quantitative estimate of drug-likeness (QED) is 0.494. The number of nitrogens with zero attached hydrogens (tertiary/aromatic N) is 1. The van der Waals surface area contributed by atoms with E-state index in [2.05, 4.69) is 10.6 Å². The molecule has 1 unspecified atom stereocenters. The van der Waals surface area contributed by atoms with Crippen LogP contribution in [0.15, 0.2) is 0 Å². The molecule has 122 valence electrons. The van der Waals surface area contributed by atoms with Crippen LogP contribution < -0.4 is 10.6 Å². The van der Waals surface area contributed by atoms with Crippen molar-refractivity contribution in [3.8, 4) is 0 Å². The first-order valence-electron chi connectivity index (χ1n) is 6.92. The van der Waals surface area contributed by atoms with Gasteiger partial charge in [-0.15, -0.1) is 0 Å². The molecule has 0 aliphatic heterocycles. The third-order valence-corrected chi connectivity index (χ3v) is 2.80. The van der Waals surface area contributed by atoms with Crippen molar-refractivity contribution in [2.24, 2.45) is 0 Å². The standard InChI is InChI=1S/C13H25N3O5/c1-4-5-6-10(12(18)19)15-13(20)16(2)9-11(17)14-7-8-21-3/h10H,4-9H2,1-3H3,(H,14,17)(H,15,20)(H,18,19). The number of nitrogens with one attached hydrogen (secondary N) is 2. The second-order valence-corrected chi connectivity index (χ2v) is 4.68. The fourth-order valence-corrected chi connectivity index (χ4v) is 1.56. The highest BCUT2D eigenvalue weighted by Gasteiger charge is 2.21. The van der Waals surface area contributed by atoms with Crippen molar-refractivity contribution in [1.82, 2.24) is 15.5 Å². The molecule has 0 bridgehead atoms. The Hall–Kier alpha value is -1.83. The van der Waals surface area contributed by atoms with Gasteiger partial charge in [0.2, 0.25) is 5.91 Å². The maximum Gasteiger partial charge on any atom is 0.326 e. The SMILES string of the molecule is CCCCC(NC(=O)N(C)CC(=O)NCCOC)C(=O)O. The highest BCUT2D eigenvalue weighted by Crippen LogP contribution is 2.01. The molecule has 0 aromatic rings. The number of ether oxygens (including phenoxy) is 1. The third-order valence-electron chi connectivity index (χ3n) is 2.80. The minimum atomic E-state index is -1.07. The Labute approximate surface area is 124 Å². The number of carboxylic acids is 1. The minimum Gasteiger partial charge on any atom is -0.480 e. The van der Waals surface area contributed by atoms with Crippen LogP contribution >= 0.6 is 0 Å². The lowest BCUT2D eigenvalue weighted by molar-refractivity contribution is -0.139. The Morgan fingerprint density at radius 1 is 1.33 bits per heavy atom. The van der Waals surface area contributed by atoms with Crippen molar-refractivity contribution in [1.29, 1.82) is 0 Å². The van der Waals surface area contributed by atoms with E-state index in [9.17, 15) is 14.4 Å². The van der Waals surface area contributed by atoms with Crippen molar-refractivity contribution >= 4 is 17.9 Å². The molecule has 8 heteroatoms. The molecule has 21 heavy (non-hydrogen) atoms. The summed E-state index contributed by atoms with van der Waals surface area (Å²) in [5.74, 6) is -1.40. The monoisotopic (exact) mass is 303 g/mol. The molecule has 0 radical (unpaired) electrons. The van der Waals surface area contributed by atoms with Gasteiger partial charge in [-0.1, -0.05) is 19.8 Å². The number of hydrogen-bond acceptors (Lipinski definition) is 4. The lowest BCUT2D eigenvalue weighted by Gasteiger charge is -2.21. The Morgan fingerprint density at radius 3 is 2.52 bits per heavy atom. The van der Waals surface area contributed by atoms with Gasteiger partial charge in [-0.25, -0.2) is 9.59 Å². The summed E-state index contributed by atoms with van der Waals surface area (Å²) in [6.07, 6.45) is 1.92. The smallest absolute Gasteiger partial charge is 0.326 e. The number of aliphatic carboxylic acids is 1. The number of urea groups is 1. The first-order valence-corrected chi connectivity index (χ1v) is 6.92. The number of rotatable bonds is 10. The second-order valence-electron chi connectivity index (χ2n) is 4.68. The largest absolute Gasteiger partial charge is 0.480 e. The molecule has 0 heterocycles. The first kappa shape index (κ1) is 19.2. The Balaban J connectivity index is 4.22. The van der Waals surface area contributed by atoms with Crippen molar-refractivity contribution in [3.63, 3.8) is 0 Å². The van der Waals surface area contributed by atoms with Crippen LogP contribution in [-0.2, 0) is 14.3 Å². The van der Waals surface area contributed by atoms with Gasteiger partial charge in [0.15, 0.2) is 0 Å². The van der Waals surface area contributed by atoms with Crippen molar-refractivity contribution in [3.05, 3.63) is 0 Å². The topological polar surface area (TPSA) is 108 Å². The lowest BCUT2D eigenvalue weighted by atomic mass is 10.1. The van der Waals surface area contributed by atoms with Crippen LogP contribution in [0.3, 0.4) is 0 Å². The molecule has 0 aromatic heterocycles. The van der Waals surface area contributed by atoms with Gasteiger partial charge in [-0.3, -0.25) is 4.79 Å². The number of unbranched alkanes of at least 4 members (excludes halogenated alkanes) is 1. The van der Waals surface area contributed by atoms with Crippen molar-refractivity contribution < 1.29 is 24.2 Å². The number of methoxy groups -OCH3 is 1. The Morgan fingerprint density at radius 2 is 2.00 bits per heavy atom. The zero-order valence-corrected chi connectivity index (χ0v) is 12.8. The van der Waals surface area contributed by atoms with Gasteiger partial charge in [0.1, 0.15) is 12.6 Å². The number of carbonyl (C=O) groups is 3. The minimum absolute atomic E-state index is 0.143. The molecule has 0 spiro atoms. The van der Waals surface area contributed by atoms with E-state index >= 15 is 0 Å². The molecule has 0 saturated carbocycles. The van der Waals surface area contributed by atoms with Gasteiger partial charge in [0.25, 0.3) is 0 Å². The van der Waals surface area contributed by atoms with E-state index < -0.39 is 18.0 Å². The maximum atomic E-state index is 11.8. The maximum absolute atomic E-state index is 11.8. The summed E-state index contributed by atoms with van der Waals surface area (Å²) in [5.41, 5.74) is 0. The molecular weight excluding hydrogens is 278 g/mol. The summed E-state index contributed by atoms with van der Waals surface area (Å²) < 4.78 is 4.79. The third kappa shape index (κ3) is 8.85. The van der Waals surface area contributed by atoms with Crippen LogP contribution in [0.1, 0.15) is 26.2 Å². The normalized spacial score (nSPS) is 11.6. The molecule has 8 nitrogen and oxygen atoms in total. The summed E-state index contributed by atoms with van der Waals surface area (Å²) in [4.78, 5) is 35.5. The van der Waals surface area contributed by atoms with Crippen LogP contribution in [0.4, 0.5) is 4.79 Å². The van der Waals surface area contributed by atoms with Crippen LogP contribution in [0.2, 0.25) is 0 Å². The van der Waals surface area contributed by atoms with Crippen LogP contribution in [-0.4, -0.2) is 67.8 Å². The number of carboxylic acid groups (broad SMARTS) is 1. The predicted octanol–water partition coefficient (Wildman–Crippen LogP) is 0.0338. The average molecular weight is 303 g/mol. The summed E-state index contributed by atoms with van der Waals surface area (Å²) >= 11 is 0. The molecular formula is C13H25N3O5. The molecule has 3 amide bonds. The zero-order chi connectivity index (χ0) is 16.3. The van der Waals surface area contributed by atoms with Crippen LogP contribution in [0, 0.1) is 0 Å². The zero-order valence-electron chi connectivity index (χ0n) is 12.8. The number of amides is 3. The second kappa shape index (κ2) is 10.9. The highest BCUT2D eigenvalue weighted by atomic mass is 16.5. The van der Waals surface area contributed by atoms with E-state index in [1.165, 1.54) is 14.2 Å². The van der Waals surface area contributed by atoms with E-state index in [1.807, 2.05) is 6.92 Å². The van der Waals surface area contributed by atoms with Gasteiger partial charge in [-0.2, -0.15) is 0 Å². The lowest BCUT2D eigenvalue weighted by Crippen LogP contribution is -2.49. The molecule has 1 atom stereocenters. The fourth-order valence-electron chi connectivity index (χ4n) is 1.56. The molecule has 0 aliphatic carbocycles. The Bertz CT molecular complexity index is 349. The van der Waals surface area contributed by atoms with Crippen LogP contribution in [0.5, 0.6) is 0 Å². The van der Waals surface area contributed by atoms with Gasteiger partial charge >= 0.3 is 12.0 Å².